The maximum atomic E-state index is 12.7. The van der Waals surface area contributed by atoms with Crippen molar-refractivity contribution in [2.75, 3.05) is 26.2 Å². The SMILES string of the molecule is CCC(CC1CCCCC1)C(=O)N1CCCNCC1. The second kappa shape index (κ2) is 7.88. The van der Waals surface area contributed by atoms with E-state index in [0.29, 0.717) is 5.91 Å². The van der Waals surface area contributed by atoms with Crippen LogP contribution in [0.5, 0.6) is 0 Å². The predicted molar refractivity (Wildman–Crippen MR) is 79.0 cm³/mol. The molecule has 3 heteroatoms. The first-order valence-corrected chi connectivity index (χ1v) is 8.30. The highest BCUT2D eigenvalue weighted by atomic mass is 16.2. The van der Waals surface area contributed by atoms with E-state index in [1.165, 1.54) is 32.1 Å². The van der Waals surface area contributed by atoms with Gasteiger partial charge in [-0.1, -0.05) is 39.0 Å². The van der Waals surface area contributed by atoms with Crippen LogP contribution in [0.2, 0.25) is 0 Å². The number of hydrogen-bond acceptors (Lipinski definition) is 2. The molecule has 19 heavy (non-hydrogen) atoms. The number of rotatable bonds is 4. The van der Waals surface area contributed by atoms with Gasteiger partial charge in [-0.05, 0) is 31.7 Å². The van der Waals surface area contributed by atoms with Crippen molar-refractivity contribution in [1.29, 1.82) is 0 Å². The second-order valence-electron chi connectivity index (χ2n) is 6.27. The summed E-state index contributed by atoms with van der Waals surface area (Å²) in [7, 11) is 0. The van der Waals surface area contributed by atoms with E-state index in [0.717, 1.165) is 51.4 Å². The molecule has 110 valence electrons. The summed E-state index contributed by atoms with van der Waals surface area (Å²) in [5.74, 6) is 1.52. The van der Waals surface area contributed by atoms with Gasteiger partial charge in [-0.3, -0.25) is 4.79 Å². The monoisotopic (exact) mass is 266 g/mol. The highest BCUT2D eigenvalue weighted by molar-refractivity contribution is 5.78. The molecule has 1 heterocycles. The van der Waals surface area contributed by atoms with E-state index in [1.54, 1.807) is 0 Å². The number of nitrogens with one attached hydrogen (secondary N) is 1. The van der Waals surface area contributed by atoms with Crippen LogP contribution in [0.1, 0.15) is 58.3 Å². The zero-order valence-electron chi connectivity index (χ0n) is 12.5. The smallest absolute Gasteiger partial charge is 0.225 e. The van der Waals surface area contributed by atoms with Crippen LogP contribution in [-0.2, 0) is 4.79 Å². The summed E-state index contributed by atoms with van der Waals surface area (Å²) in [6.45, 7) is 6.06. The van der Waals surface area contributed by atoms with Crippen LogP contribution in [0.15, 0.2) is 0 Å². The average Bonchev–Trinajstić information content (AvgIpc) is 2.74. The molecule has 3 nitrogen and oxygen atoms in total. The van der Waals surface area contributed by atoms with E-state index >= 15 is 0 Å². The molecule has 2 fully saturated rings. The maximum Gasteiger partial charge on any atom is 0.225 e. The summed E-state index contributed by atoms with van der Waals surface area (Å²) in [5.41, 5.74) is 0. The van der Waals surface area contributed by atoms with Gasteiger partial charge in [0.1, 0.15) is 0 Å². The van der Waals surface area contributed by atoms with Gasteiger partial charge in [0.25, 0.3) is 0 Å². The minimum atomic E-state index is 0.279. The van der Waals surface area contributed by atoms with Gasteiger partial charge < -0.3 is 10.2 Å². The molecular formula is C16H30N2O. The van der Waals surface area contributed by atoms with Gasteiger partial charge in [0.15, 0.2) is 0 Å². The van der Waals surface area contributed by atoms with Crippen molar-refractivity contribution >= 4 is 5.91 Å². The Morgan fingerprint density at radius 1 is 1.16 bits per heavy atom. The molecule has 0 radical (unpaired) electrons. The van der Waals surface area contributed by atoms with Gasteiger partial charge in [-0.15, -0.1) is 0 Å². The van der Waals surface area contributed by atoms with E-state index in [4.69, 9.17) is 0 Å². The minimum Gasteiger partial charge on any atom is -0.341 e. The third-order valence-electron chi connectivity index (χ3n) is 4.84. The van der Waals surface area contributed by atoms with Crippen LogP contribution in [0, 0.1) is 11.8 Å². The Morgan fingerprint density at radius 3 is 2.68 bits per heavy atom. The number of nitrogens with zero attached hydrogens (tertiary/aromatic N) is 1. The number of carbonyl (C=O) groups excluding carboxylic acids is 1. The van der Waals surface area contributed by atoms with E-state index in [9.17, 15) is 4.79 Å². The number of amides is 1. The first-order valence-electron chi connectivity index (χ1n) is 8.30. The molecule has 2 rings (SSSR count). The molecule has 1 N–H and O–H groups in total. The van der Waals surface area contributed by atoms with Gasteiger partial charge in [0.05, 0.1) is 0 Å². The van der Waals surface area contributed by atoms with Crippen molar-refractivity contribution in [1.82, 2.24) is 10.2 Å². The van der Waals surface area contributed by atoms with Crippen LogP contribution in [0.3, 0.4) is 0 Å². The Bertz CT molecular complexity index is 266. The largest absolute Gasteiger partial charge is 0.341 e. The van der Waals surface area contributed by atoms with Crippen molar-refractivity contribution in [3.8, 4) is 0 Å². The van der Waals surface area contributed by atoms with Gasteiger partial charge in [-0.25, -0.2) is 0 Å². The summed E-state index contributed by atoms with van der Waals surface area (Å²) >= 11 is 0. The topological polar surface area (TPSA) is 32.3 Å². The lowest BCUT2D eigenvalue weighted by atomic mass is 9.81. The first kappa shape index (κ1) is 14.8. The highest BCUT2D eigenvalue weighted by Gasteiger charge is 2.26. The third kappa shape index (κ3) is 4.48. The van der Waals surface area contributed by atoms with E-state index in [-0.39, 0.29) is 5.92 Å². The van der Waals surface area contributed by atoms with Crippen molar-refractivity contribution in [3.05, 3.63) is 0 Å². The van der Waals surface area contributed by atoms with Crippen molar-refractivity contribution < 1.29 is 4.79 Å². The molecule has 0 bridgehead atoms. The Kier molecular flexibility index (Phi) is 6.15. The third-order valence-corrected chi connectivity index (χ3v) is 4.84. The van der Waals surface area contributed by atoms with Gasteiger partial charge in [0.2, 0.25) is 5.91 Å². The van der Waals surface area contributed by atoms with E-state index in [2.05, 4.69) is 17.1 Å². The zero-order valence-corrected chi connectivity index (χ0v) is 12.5. The lowest BCUT2D eigenvalue weighted by Crippen LogP contribution is -2.39. The maximum absolute atomic E-state index is 12.7. The predicted octanol–water partition coefficient (Wildman–Crippen LogP) is 2.80. The fourth-order valence-electron chi connectivity index (χ4n) is 3.59. The van der Waals surface area contributed by atoms with Crippen LogP contribution in [0.4, 0.5) is 0 Å². The first-order chi connectivity index (χ1) is 9.31. The van der Waals surface area contributed by atoms with Gasteiger partial charge in [-0.2, -0.15) is 0 Å². The van der Waals surface area contributed by atoms with Gasteiger partial charge in [0, 0.05) is 25.6 Å². The molecule has 1 aliphatic heterocycles. The Balaban J connectivity index is 1.85. The molecule has 1 atom stereocenters. The van der Waals surface area contributed by atoms with Crippen molar-refractivity contribution in [3.63, 3.8) is 0 Å². The highest BCUT2D eigenvalue weighted by Crippen LogP contribution is 2.30. The molecule has 1 saturated carbocycles. The summed E-state index contributed by atoms with van der Waals surface area (Å²) in [5, 5.41) is 3.38. The van der Waals surface area contributed by atoms with E-state index < -0.39 is 0 Å². The number of hydrogen-bond donors (Lipinski definition) is 1. The lowest BCUT2D eigenvalue weighted by molar-refractivity contribution is -0.136. The minimum absolute atomic E-state index is 0.279. The standard InChI is InChI=1S/C16H30N2O/c1-2-15(13-14-7-4-3-5-8-14)16(19)18-11-6-9-17-10-12-18/h14-15,17H,2-13H2,1H3. The summed E-state index contributed by atoms with van der Waals surface area (Å²) < 4.78 is 0. The lowest BCUT2D eigenvalue weighted by Gasteiger charge is -2.29. The fourth-order valence-corrected chi connectivity index (χ4v) is 3.59. The summed E-state index contributed by atoms with van der Waals surface area (Å²) in [6.07, 6.45) is 10.1. The van der Waals surface area contributed by atoms with Crippen LogP contribution < -0.4 is 5.32 Å². The zero-order chi connectivity index (χ0) is 13.5. The molecule has 1 aliphatic carbocycles. The molecule has 0 aromatic carbocycles. The van der Waals surface area contributed by atoms with Crippen LogP contribution in [-0.4, -0.2) is 37.0 Å². The second-order valence-corrected chi connectivity index (χ2v) is 6.27. The van der Waals surface area contributed by atoms with Gasteiger partial charge >= 0.3 is 0 Å². The normalized spacial score (nSPS) is 23.9. The summed E-state index contributed by atoms with van der Waals surface area (Å²) in [4.78, 5) is 14.8. The Morgan fingerprint density at radius 2 is 1.95 bits per heavy atom. The van der Waals surface area contributed by atoms with Crippen molar-refractivity contribution in [2.45, 2.75) is 58.3 Å². The molecule has 1 saturated heterocycles. The van der Waals surface area contributed by atoms with Crippen molar-refractivity contribution in [2.24, 2.45) is 11.8 Å². The Hall–Kier alpha value is -0.570. The summed E-state index contributed by atoms with van der Waals surface area (Å²) in [6, 6.07) is 0. The molecule has 2 aliphatic rings. The molecule has 0 spiro atoms. The average molecular weight is 266 g/mol. The Labute approximate surface area is 118 Å². The van der Waals surface area contributed by atoms with Crippen LogP contribution in [0.25, 0.3) is 0 Å². The molecule has 1 unspecified atom stereocenters. The molecule has 0 aromatic heterocycles. The molecule has 1 amide bonds. The fraction of sp³-hybridized carbons (Fsp3) is 0.938. The molecule has 0 aromatic rings. The van der Waals surface area contributed by atoms with E-state index in [1.807, 2.05) is 0 Å². The number of carbonyl (C=O) groups is 1. The van der Waals surface area contributed by atoms with Crippen LogP contribution >= 0.6 is 0 Å². The quantitative estimate of drug-likeness (QED) is 0.848. The molecular weight excluding hydrogens is 236 g/mol.